The van der Waals surface area contributed by atoms with E-state index < -0.39 is 22.7 Å². The van der Waals surface area contributed by atoms with E-state index in [9.17, 15) is 19.7 Å². The number of nitro groups is 1. The highest BCUT2D eigenvalue weighted by atomic mass is 16.6. The van der Waals surface area contributed by atoms with E-state index in [4.69, 9.17) is 0 Å². The highest BCUT2D eigenvalue weighted by Gasteiger charge is 2.15. The minimum absolute atomic E-state index is 0.0467. The summed E-state index contributed by atoms with van der Waals surface area (Å²) < 4.78 is 6.92. The average Bonchev–Trinajstić information content (AvgIpc) is 3.14. The van der Waals surface area contributed by atoms with Crippen molar-refractivity contribution < 1.29 is 19.2 Å². The number of hydrogen-bond donors (Lipinski definition) is 1. The zero-order chi connectivity index (χ0) is 16.1. The molecular weight excluding hydrogens is 298 g/mol. The van der Waals surface area contributed by atoms with Crippen molar-refractivity contribution >= 4 is 17.8 Å². The number of ether oxygens (including phenoxy) is 1. The molecule has 0 saturated carbocycles. The van der Waals surface area contributed by atoms with E-state index in [-0.39, 0.29) is 18.9 Å². The summed E-state index contributed by atoms with van der Waals surface area (Å²) >= 11 is 0. The topological polar surface area (TPSA) is 147 Å². The Kier molecular flexibility index (Phi) is 4.41. The van der Waals surface area contributed by atoms with Crippen LogP contribution in [-0.4, -0.2) is 55.0 Å². The third-order valence-electron chi connectivity index (χ3n) is 2.47. The molecule has 0 aliphatic heterocycles. The molecule has 0 aromatic carbocycles. The SMILES string of the molecule is COC(=O)CNC(=O)c1ccn(Cn2cnc([N+](=O)[O-])n2)n1. The van der Waals surface area contributed by atoms with Crippen molar-refractivity contribution in [1.29, 1.82) is 0 Å². The molecular formula is C10H11N7O5. The largest absolute Gasteiger partial charge is 0.491 e. The van der Waals surface area contributed by atoms with Gasteiger partial charge in [0.05, 0.1) is 7.11 Å². The number of hydrogen-bond acceptors (Lipinski definition) is 8. The Morgan fingerprint density at radius 2 is 2.18 bits per heavy atom. The monoisotopic (exact) mass is 309 g/mol. The van der Waals surface area contributed by atoms with Crippen LogP contribution in [0.4, 0.5) is 5.95 Å². The molecule has 0 atom stereocenters. The smallest absolute Gasteiger partial charge is 0.468 e. The van der Waals surface area contributed by atoms with Crippen LogP contribution in [0.2, 0.25) is 0 Å². The number of carbonyl (C=O) groups is 2. The first-order valence-corrected chi connectivity index (χ1v) is 5.92. The van der Waals surface area contributed by atoms with Gasteiger partial charge in [-0.05, 0) is 11.0 Å². The number of amides is 1. The third kappa shape index (κ3) is 3.62. The first-order valence-electron chi connectivity index (χ1n) is 5.92. The zero-order valence-corrected chi connectivity index (χ0v) is 11.4. The lowest BCUT2D eigenvalue weighted by Gasteiger charge is -2.01. The number of aromatic nitrogens is 5. The molecule has 12 nitrogen and oxygen atoms in total. The van der Waals surface area contributed by atoms with Crippen molar-refractivity contribution in [1.82, 2.24) is 29.9 Å². The van der Waals surface area contributed by atoms with E-state index in [0.29, 0.717) is 0 Å². The number of esters is 1. The minimum Gasteiger partial charge on any atom is -0.468 e. The summed E-state index contributed by atoms with van der Waals surface area (Å²) in [7, 11) is 1.21. The fourth-order valence-electron chi connectivity index (χ4n) is 1.46. The van der Waals surface area contributed by atoms with Crippen molar-refractivity contribution in [2.75, 3.05) is 13.7 Å². The Morgan fingerprint density at radius 3 is 2.82 bits per heavy atom. The molecule has 0 unspecified atom stereocenters. The summed E-state index contributed by atoms with van der Waals surface area (Å²) in [4.78, 5) is 35.9. The second-order valence-corrected chi connectivity index (χ2v) is 3.98. The lowest BCUT2D eigenvalue weighted by Crippen LogP contribution is -2.30. The number of nitrogens with one attached hydrogen (secondary N) is 1. The van der Waals surface area contributed by atoms with Gasteiger partial charge in [-0.2, -0.15) is 9.78 Å². The van der Waals surface area contributed by atoms with Crippen LogP contribution in [0.5, 0.6) is 0 Å². The standard InChI is InChI=1S/C10H11N7O5/c1-22-8(18)4-11-9(19)7-2-3-15(13-7)6-16-5-12-10(14-16)17(20)21/h2-3,5H,4,6H2,1H3,(H,11,19). The molecule has 0 saturated heterocycles. The quantitative estimate of drug-likeness (QED) is 0.397. The summed E-state index contributed by atoms with van der Waals surface area (Å²) in [5.74, 6) is -1.65. The molecule has 0 radical (unpaired) electrons. The van der Waals surface area contributed by atoms with Gasteiger partial charge < -0.3 is 20.2 Å². The maximum absolute atomic E-state index is 11.7. The third-order valence-corrected chi connectivity index (χ3v) is 2.47. The van der Waals surface area contributed by atoms with E-state index in [1.807, 2.05) is 0 Å². The van der Waals surface area contributed by atoms with E-state index >= 15 is 0 Å². The Hall–Kier alpha value is -3.31. The van der Waals surface area contributed by atoms with Crippen LogP contribution in [0.25, 0.3) is 0 Å². The van der Waals surface area contributed by atoms with E-state index in [0.717, 1.165) is 0 Å². The van der Waals surface area contributed by atoms with Crippen molar-refractivity contribution in [3.05, 3.63) is 34.4 Å². The van der Waals surface area contributed by atoms with Crippen molar-refractivity contribution in [2.24, 2.45) is 0 Å². The molecule has 12 heteroatoms. The predicted molar refractivity (Wildman–Crippen MR) is 68.7 cm³/mol. The fourth-order valence-corrected chi connectivity index (χ4v) is 1.46. The molecule has 2 heterocycles. The molecule has 0 fully saturated rings. The normalized spacial score (nSPS) is 10.2. The van der Waals surface area contributed by atoms with Crippen molar-refractivity contribution in [2.45, 2.75) is 6.67 Å². The van der Waals surface area contributed by atoms with Gasteiger partial charge in [0.15, 0.2) is 6.67 Å². The lowest BCUT2D eigenvalue weighted by molar-refractivity contribution is -0.394. The molecule has 1 N–H and O–H groups in total. The lowest BCUT2D eigenvalue weighted by atomic mass is 10.4. The second kappa shape index (κ2) is 6.43. The molecule has 2 rings (SSSR count). The van der Waals surface area contributed by atoms with E-state index in [1.54, 1.807) is 0 Å². The predicted octanol–water partition coefficient (Wildman–Crippen LogP) is -1.21. The summed E-state index contributed by atoms with van der Waals surface area (Å²) in [5.41, 5.74) is 0.0820. The molecule has 116 valence electrons. The van der Waals surface area contributed by atoms with E-state index in [1.165, 1.54) is 35.1 Å². The van der Waals surface area contributed by atoms with Crippen LogP contribution >= 0.6 is 0 Å². The average molecular weight is 309 g/mol. The van der Waals surface area contributed by atoms with Gasteiger partial charge in [0, 0.05) is 11.3 Å². The van der Waals surface area contributed by atoms with Crippen LogP contribution < -0.4 is 5.32 Å². The van der Waals surface area contributed by atoms with E-state index in [2.05, 4.69) is 25.2 Å². The van der Waals surface area contributed by atoms with Crippen molar-refractivity contribution in [3.8, 4) is 0 Å². The molecule has 0 aliphatic carbocycles. The first kappa shape index (κ1) is 15.1. The number of carbonyl (C=O) groups excluding carboxylic acids is 2. The Labute approximate surface area is 122 Å². The Morgan fingerprint density at radius 1 is 1.41 bits per heavy atom. The van der Waals surface area contributed by atoms with Gasteiger partial charge in [-0.3, -0.25) is 9.59 Å². The first-order chi connectivity index (χ1) is 10.5. The van der Waals surface area contributed by atoms with Gasteiger partial charge in [-0.15, -0.1) is 0 Å². The van der Waals surface area contributed by atoms with Gasteiger partial charge >= 0.3 is 11.9 Å². The van der Waals surface area contributed by atoms with Gasteiger partial charge in [0.2, 0.25) is 6.33 Å². The molecule has 2 aromatic heterocycles. The number of methoxy groups -OCH3 is 1. The van der Waals surface area contributed by atoms with Gasteiger partial charge in [-0.25, -0.2) is 4.68 Å². The summed E-state index contributed by atoms with van der Waals surface area (Å²) in [6.07, 6.45) is 2.66. The van der Waals surface area contributed by atoms with Gasteiger partial charge in [-0.1, -0.05) is 4.98 Å². The second-order valence-electron chi connectivity index (χ2n) is 3.98. The van der Waals surface area contributed by atoms with Crippen LogP contribution in [0.1, 0.15) is 10.5 Å². The Bertz CT molecular complexity index is 706. The van der Waals surface area contributed by atoms with Crippen LogP contribution in [0.15, 0.2) is 18.6 Å². The zero-order valence-electron chi connectivity index (χ0n) is 11.4. The molecule has 0 spiro atoms. The summed E-state index contributed by atoms with van der Waals surface area (Å²) in [6.45, 7) is -0.220. The van der Waals surface area contributed by atoms with Gasteiger partial charge in [0.1, 0.15) is 12.2 Å². The molecule has 0 aliphatic rings. The van der Waals surface area contributed by atoms with Gasteiger partial charge in [0.25, 0.3) is 5.91 Å². The molecule has 22 heavy (non-hydrogen) atoms. The number of rotatable bonds is 6. The molecule has 1 amide bonds. The molecule has 2 aromatic rings. The minimum atomic E-state index is -0.717. The highest BCUT2D eigenvalue weighted by Crippen LogP contribution is 2.01. The highest BCUT2D eigenvalue weighted by molar-refractivity contribution is 5.94. The van der Waals surface area contributed by atoms with Crippen LogP contribution in [0, 0.1) is 10.1 Å². The fraction of sp³-hybridized carbons (Fsp3) is 0.300. The maximum atomic E-state index is 11.7. The Balaban J connectivity index is 1.97. The molecule has 0 bridgehead atoms. The number of nitrogens with zero attached hydrogens (tertiary/aromatic N) is 6. The summed E-state index contributed by atoms with van der Waals surface area (Å²) in [5, 5.41) is 20.4. The maximum Gasteiger partial charge on any atom is 0.491 e. The summed E-state index contributed by atoms with van der Waals surface area (Å²) in [6, 6.07) is 1.43. The van der Waals surface area contributed by atoms with Crippen molar-refractivity contribution in [3.63, 3.8) is 0 Å². The van der Waals surface area contributed by atoms with Crippen LogP contribution in [0.3, 0.4) is 0 Å². The van der Waals surface area contributed by atoms with Crippen LogP contribution in [-0.2, 0) is 16.2 Å².